The monoisotopic (exact) mass is 365 g/mol. The van der Waals surface area contributed by atoms with Gasteiger partial charge in [0.1, 0.15) is 5.82 Å². The highest BCUT2D eigenvalue weighted by molar-refractivity contribution is 5.36. The van der Waals surface area contributed by atoms with Crippen LogP contribution >= 0.6 is 0 Å². The summed E-state index contributed by atoms with van der Waals surface area (Å²) in [7, 11) is 0. The van der Waals surface area contributed by atoms with Gasteiger partial charge in [0.05, 0.1) is 0 Å². The van der Waals surface area contributed by atoms with Crippen LogP contribution < -0.4 is 5.32 Å². The van der Waals surface area contributed by atoms with Gasteiger partial charge in [-0.1, -0.05) is 81.2 Å². The Kier molecular flexibility index (Phi) is 10.3. The molecule has 0 saturated carbocycles. The van der Waals surface area contributed by atoms with Crippen molar-refractivity contribution >= 4 is 0 Å². The molecular formula is C25H32FN. The molecule has 2 aromatic carbocycles. The first-order valence-corrected chi connectivity index (χ1v) is 10.3. The molecule has 1 nitrogen and oxygen atoms in total. The molecule has 1 N–H and O–H groups in total. The third-order valence-electron chi connectivity index (χ3n) is 4.70. The Labute approximate surface area is 164 Å². The average molecular weight is 366 g/mol. The molecule has 0 aliphatic rings. The number of benzene rings is 2. The number of hydrogen-bond acceptors (Lipinski definition) is 1. The van der Waals surface area contributed by atoms with E-state index in [0.717, 1.165) is 30.6 Å². The van der Waals surface area contributed by atoms with Crippen molar-refractivity contribution < 1.29 is 4.39 Å². The van der Waals surface area contributed by atoms with Crippen LogP contribution in [0.1, 0.15) is 68.6 Å². The highest BCUT2D eigenvalue weighted by atomic mass is 19.1. The van der Waals surface area contributed by atoms with E-state index >= 15 is 0 Å². The first-order valence-electron chi connectivity index (χ1n) is 10.3. The molecular weight excluding hydrogens is 333 g/mol. The lowest BCUT2D eigenvalue weighted by molar-refractivity contribution is 0.598. The quantitative estimate of drug-likeness (QED) is 0.366. The second kappa shape index (κ2) is 13.1. The van der Waals surface area contributed by atoms with Crippen LogP contribution in [0.25, 0.3) is 0 Å². The van der Waals surface area contributed by atoms with Gasteiger partial charge in [0.2, 0.25) is 0 Å². The van der Waals surface area contributed by atoms with Crippen molar-refractivity contribution in [2.24, 2.45) is 0 Å². The summed E-state index contributed by atoms with van der Waals surface area (Å²) < 4.78 is 13.6. The maximum absolute atomic E-state index is 13.6. The summed E-state index contributed by atoms with van der Waals surface area (Å²) in [6.07, 6.45) is 9.56. The molecule has 0 aliphatic heterocycles. The zero-order chi connectivity index (χ0) is 19.2. The van der Waals surface area contributed by atoms with Crippen molar-refractivity contribution in [1.82, 2.24) is 5.32 Å². The minimum Gasteiger partial charge on any atom is -0.312 e. The Hall–Kier alpha value is -2.11. The van der Waals surface area contributed by atoms with Crippen LogP contribution in [0, 0.1) is 17.7 Å². The van der Waals surface area contributed by atoms with Crippen molar-refractivity contribution in [1.29, 1.82) is 0 Å². The molecule has 0 heterocycles. The fourth-order valence-corrected chi connectivity index (χ4v) is 3.02. The van der Waals surface area contributed by atoms with E-state index in [4.69, 9.17) is 0 Å². The molecule has 0 aliphatic carbocycles. The van der Waals surface area contributed by atoms with Crippen LogP contribution in [0.5, 0.6) is 0 Å². The smallest absolute Gasteiger partial charge is 0.126 e. The van der Waals surface area contributed by atoms with Gasteiger partial charge < -0.3 is 5.32 Å². The number of unbranched alkanes of at least 4 members (excludes halogenated alkanes) is 6. The Morgan fingerprint density at radius 1 is 0.889 bits per heavy atom. The van der Waals surface area contributed by atoms with E-state index in [1.54, 1.807) is 6.07 Å². The fourth-order valence-electron chi connectivity index (χ4n) is 3.02. The topological polar surface area (TPSA) is 12.0 Å². The third kappa shape index (κ3) is 8.89. The van der Waals surface area contributed by atoms with E-state index in [-0.39, 0.29) is 5.82 Å². The molecule has 27 heavy (non-hydrogen) atoms. The Morgan fingerprint density at radius 3 is 2.41 bits per heavy atom. The number of halogens is 1. The van der Waals surface area contributed by atoms with Crippen LogP contribution in [0.2, 0.25) is 0 Å². The van der Waals surface area contributed by atoms with E-state index in [1.807, 2.05) is 12.1 Å². The van der Waals surface area contributed by atoms with E-state index in [9.17, 15) is 4.39 Å². The van der Waals surface area contributed by atoms with Crippen molar-refractivity contribution in [3.05, 3.63) is 71.0 Å². The maximum atomic E-state index is 13.6. The first-order chi connectivity index (χ1) is 13.3. The van der Waals surface area contributed by atoms with Crippen LogP contribution in [-0.2, 0) is 13.0 Å². The Balaban J connectivity index is 1.62. The molecule has 0 saturated heterocycles. The summed E-state index contributed by atoms with van der Waals surface area (Å²) in [6, 6.07) is 15.4. The molecule has 144 valence electrons. The average Bonchev–Trinajstić information content (AvgIpc) is 2.69. The van der Waals surface area contributed by atoms with Crippen molar-refractivity contribution in [3.8, 4) is 11.8 Å². The summed E-state index contributed by atoms with van der Waals surface area (Å²) in [6.45, 7) is 3.80. The van der Waals surface area contributed by atoms with Crippen LogP contribution in [0.4, 0.5) is 4.39 Å². The number of nitrogens with one attached hydrogen (secondary N) is 1. The molecule has 2 aromatic rings. The van der Waals surface area contributed by atoms with E-state index in [2.05, 4.69) is 48.3 Å². The van der Waals surface area contributed by atoms with Crippen LogP contribution in [0.3, 0.4) is 0 Å². The molecule has 0 bridgehead atoms. The normalized spacial score (nSPS) is 10.4. The Bertz CT molecular complexity index is 709. The first kappa shape index (κ1) is 21.2. The predicted octanol–water partition coefficient (Wildman–Crippen LogP) is 6.26. The standard InChI is InChI=1S/C25H32FN/c1-2-3-4-5-6-7-8-9-12-22-15-17-23(18-16-22)21-27-20-19-24-13-10-11-14-25(24)26/h10-11,13-18,27H,2-8,19-21H2,1H3. The van der Waals surface area contributed by atoms with Crippen LogP contribution in [-0.4, -0.2) is 6.54 Å². The summed E-state index contributed by atoms with van der Waals surface area (Å²) in [5, 5.41) is 3.37. The second-order valence-corrected chi connectivity index (χ2v) is 7.03. The number of hydrogen-bond donors (Lipinski definition) is 1. The summed E-state index contributed by atoms with van der Waals surface area (Å²) in [4.78, 5) is 0. The lowest BCUT2D eigenvalue weighted by atomic mass is 10.1. The fraction of sp³-hybridized carbons (Fsp3) is 0.440. The SMILES string of the molecule is CCCCCCCCC#Cc1ccc(CNCCc2ccccc2F)cc1. The highest BCUT2D eigenvalue weighted by Crippen LogP contribution is 2.08. The van der Waals surface area contributed by atoms with E-state index in [1.165, 1.54) is 50.2 Å². The third-order valence-corrected chi connectivity index (χ3v) is 4.70. The van der Waals surface area contributed by atoms with Crippen LogP contribution in [0.15, 0.2) is 48.5 Å². The lowest BCUT2D eigenvalue weighted by Crippen LogP contribution is -2.17. The molecule has 0 amide bonds. The molecule has 0 spiro atoms. The zero-order valence-electron chi connectivity index (χ0n) is 16.6. The van der Waals surface area contributed by atoms with Gasteiger partial charge in [-0.2, -0.15) is 0 Å². The number of rotatable bonds is 11. The van der Waals surface area contributed by atoms with E-state index in [0.29, 0.717) is 6.42 Å². The second-order valence-electron chi connectivity index (χ2n) is 7.03. The maximum Gasteiger partial charge on any atom is 0.126 e. The molecule has 2 rings (SSSR count). The summed E-state index contributed by atoms with van der Waals surface area (Å²) in [5.74, 6) is 6.42. The molecule has 0 fully saturated rings. The van der Waals surface area contributed by atoms with Gasteiger partial charge in [0.15, 0.2) is 0 Å². The predicted molar refractivity (Wildman–Crippen MR) is 113 cm³/mol. The van der Waals surface area contributed by atoms with Crippen molar-refractivity contribution in [3.63, 3.8) is 0 Å². The molecule has 0 radical (unpaired) electrons. The van der Waals surface area contributed by atoms with Gasteiger partial charge in [0.25, 0.3) is 0 Å². The molecule has 0 atom stereocenters. The van der Waals surface area contributed by atoms with Gasteiger partial charge in [-0.05, 0) is 48.7 Å². The van der Waals surface area contributed by atoms with Crippen molar-refractivity contribution in [2.45, 2.75) is 64.8 Å². The van der Waals surface area contributed by atoms with Gasteiger partial charge in [-0.15, -0.1) is 0 Å². The minimum atomic E-state index is -0.122. The summed E-state index contributed by atoms with van der Waals surface area (Å²) >= 11 is 0. The van der Waals surface area contributed by atoms with E-state index < -0.39 is 0 Å². The zero-order valence-corrected chi connectivity index (χ0v) is 16.6. The minimum absolute atomic E-state index is 0.122. The van der Waals surface area contributed by atoms with Gasteiger partial charge in [0, 0.05) is 18.5 Å². The molecule has 2 heteroatoms. The largest absolute Gasteiger partial charge is 0.312 e. The molecule has 0 unspecified atom stereocenters. The van der Waals surface area contributed by atoms with Gasteiger partial charge in [-0.3, -0.25) is 0 Å². The summed E-state index contributed by atoms with van der Waals surface area (Å²) in [5.41, 5.74) is 3.07. The van der Waals surface area contributed by atoms with Crippen molar-refractivity contribution in [2.75, 3.05) is 6.54 Å². The molecule has 0 aromatic heterocycles. The Morgan fingerprint density at radius 2 is 1.63 bits per heavy atom. The highest BCUT2D eigenvalue weighted by Gasteiger charge is 2.00. The van der Waals surface area contributed by atoms with Gasteiger partial charge >= 0.3 is 0 Å². The van der Waals surface area contributed by atoms with Gasteiger partial charge in [-0.25, -0.2) is 4.39 Å². The lowest BCUT2D eigenvalue weighted by Gasteiger charge is -2.06.